The van der Waals surface area contributed by atoms with Crippen LogP contribution in [0.1, 0.15) is 25.5 Å². The van der Waals surface area contributed by atoms with E-state index in [9.17, 15) is 0 Å². The van der Waals surface area contributed by atoms with Crippen LogP contribution in [0.5, 0.6) is 0 Å². The third-order valence-electron chi connectivity index (χ3n) is 1.29. The Kier molecular flexibility index (Phi) is 1.96. The molecular formula is C7H10BrN. The minimum Gasteiger partial charge on any atom is -0.364 e. The molecule has 1 nitrogen and oxygen atoms in total. The number of hydrogen-bond acceptors (Lipinski definition) is 0. The first-order chi connectivity index (χ1) is 4.20. The predicted octanol–water partition coefficient (Wildman–Crippen LogP) is 2.90. The predicted molar refractivity (Wildman–Crippen MR) is 42.6 cm³/mol. The first-order valence-electron chi connectivity index (χ1n) is 3.04. The fourth-order valence-electron chi connectivity index (χ4n) is 0.717. The standard InChI is InChI=1S/C7H10BrN/c1-5(2)7-3-6(8)4-9-7/h3-5,9H,1-2H3. The number of nitrogens with one attached hydrogen (secondary N) is 1. The summed E-state index contributed by atoms with van der Waals surface area (Å²) in [4.78, 5) is 3.16. The van der Waals surface area contributed by atoms with Crippen molar-refractivity contribution >= 4 is 15.9 Å². The molecule has 1 aromatic rings. The van der Waals surface area contributed by atoms with Gasteiger partial charge < -0.3 is 4.98 Å². The number of rotatable bonds is 1. The van der Waals surface area contributed by atoms with Gasteiger partial charge in [0.25, 0.3) is 0 Å². The van der Waals surface area contributed by atoms with Crippen LogP contribution in [0.15, 0.2) is 16.7 Å². The minimum absolute atomic E-state index is 0.594. The lowest BCUT2D eigenvalue weighted by molar-refractivity contribution is 0.833. The fourth-order valence-corrected chi connectivity index (χ4v) is 1.08. The van der Waals surface area contributed by atoms with E-state index >= 15 is 0 Å². The molecule has 0 saturated heterocycles. The molecule has 9 heavy (non-hydrogen) atoms. The van der Waals surface area contributed by atoms with Gasteiger partial charge >= 0.3 is 0 Å². The molecular weight excluding hydrogens is 178 g/mol. The highest BCUT2D eigenvalue weighted by molar-refractivity contribution is 9.10. The fraction of sp³-hybridized carbons (Fsp3) is 0.429. The topological polar surface area (TPSA) is 15.8 Å². The van der Waals surface area contributed by atoms with Gasteiger partial charge in [0.1, 0.15) is 0 Å². The summed E-state index contributed by atoms with van der Waals surface area (Å²) >= 11 is 3.37. The van der Waals surface area contributed by atoms with Gasteiger partial charge in [-0.05, 0) is 27.9 Å². The summed E-state index contributed by atoms with van der Waals surface area (Å²) < 4.78 is 1.13. The van der Waals surface area contributed by atoms with Crippen molar-refractivity contribution in [3.8, 4) is 0 Å². The zero-order valence-corrected chi connectivity index (χ0v) is 7.20. The van der Waals surface area contributed by atoms with E-state index in [-0.39, 0.29) is 0 Å². The first-order valence-corrected chi connectivity index (χ1v) is 3.83. The van der Waals surface area contributed by atoms with E-state index in [0.717, 1.165) is 4.47 Å². The van der Waals surface area contributed by atoms with Gasteiger partial charge in [-0.2, -0.15) is 0 Å². The molecule has 1 rings (SSSR count). The summed E-state index contributed by atoms with van der Waals surface area (Å²) in [6, 6.07) is 2.10. The number of aromatic nitrogens is 1. The van der Waals surface area contributed by atoms with Gasteiger partial charge in [0.2, 0.25) is 0 Å². The zero-order valence-electron chi connectivity index (χ0n) is 5.61. The van der Waals surface area contributed by atoms with Gasteiger partial charge in [0.15, 0.2) is 0 Å². The molecule has 1 N–H and O–H groups in total. The van der Waals surface area contributed by atoms with E-state index < -0.39 is 0 Å². The van der Waals surface area contributed by atoms with Crippen molar-refractivity contribution in [2.45, 2.75) is 19.8 Å². The van der Waals surface area contributed by atoms with E-state index in [4.69, 9.17) is 0 Å². The van der Waals surface area contributed by atoms with Crippen molar-refractivity contribution in [1.82, 2.24) is 4.98 Å². The maximum absolute atomic E-state index is 3.37. The van der Waals surface area contributed by atoms with Gasteiger partial charge in [-0.15, -0.1) is 0 Å². The molecule has 0 saturated carbocycles. The molecule has 0 fully saturated rings. The Bertz CT molecular complexity index is 191. The van der Waals surface area contributed by atoms with Crippen LogP contribution >= 0.6 is 15.9 Å². The molecule has 0 bridgehead atoms. The molecule has 0 aromatic carbocycles. The van der Waals surface area contributed by atoms with Crippen LogP contribution in [0, 0.1) is 0 Å². The van der Waals surface area contributed by atoms with Crippen molar-refractivity contribution in [1.29, 1.82) is 0 Å². The Morgan fingerprint density at radius 2 is 2.22 bits per heavy atom. The smallest absolute Gasteiger partial charge is 0.0352 e. The maximum atomic E-state index is 3.37. The first kappa shape index (κ1) is 6.87. The van der Waals surface area contributed by atoms with Crippen LogP contribution in [-0.2, 0) is 0 Å². The summed E-state index contributed by atoms with van der Waals surface area (Å²) in [6.07, 6.45) is 1.95. The van der Waals surface area contributed by atoms with E-state index in [1.807, 2.05) is 6.20 Å². The molecule has 0 atom stereocenters. The van der Waals surface area contributed by atoms with Crippen molar-refractivity contribution < 1.29 is 0 Å². The summed E-state index contributed by atoms with van der Waals surface area (Å²) in [6.45, 7) is 4.33. The molecule has 1 heterocycles. The Labute approximate surface area is 63.6 Å². The van der Waals surface area contributed by atoms with Crippen LogP contribution in [0.2, 0.25) is 0 Å². The quantitative estimate of drug-likeness (QED) is 0.697. The molecule has 0 aliphatic heterocycles. The second kappa shape index (κ2) is 2.56. The van der Waals surface area contributed by atoms with E-state index in [1.165, 1.54) is 5.69 Å². The Balaban J connectivity index is 2.85. The summed E-state index contributed by atoms with van der Waals surface area (Å²) in [7, 11) is 0. The van der Waals surface area contributed by atoms with Crippen LogP contribution in [0.3, 0.4) is 0 Å². The van der Waals surface area contributed by atoms with Crippen LogP contribution in [-0.4, -0.2) is 4.98 Å². The Morgan fingerprint density at radius 3 is 2.44 bits per heavy atom. The highest BCUT2D eigenvalue weighted by Gasteiger charge is 1.99. The average molecular weight is 188 g/mol. The molecule has 0 aliphatic rings. The summed E-state index contributed by atoms with van der Waals surface area (Å²) in [5.41, 5.74) is 1.28. The highest BCUT2D eigenvalue weighted by Crippen LogP contribution is 2.17. The highest BCUT2D eigenvalue weighted by atomic mass is 79.9. The normalized spacial score (nSPS) is 10.7. The molecule has 2 heteroatoms. The van der Waals surface area contributed by atoms with Crippen LogP contribution in [0.4, 0.5) is 0 Å². The molecule has 0 unspecified atom stereocenters. The second-order valence-electron chi connectivity index (χ2n) is 2.43. The van der Waals surface area contributed by atoms with Gasteiger partial charge in [-0.3, -0.25) is 0 Å². The van der Waals surface area contributed by atoms with Crippen molar-refractivity contribution in [2.75, 3.05) is 0 Å². The SMILES string of the molecule is CC(C)c1cc(Br)c[nH]1. The monoisotopic (exact) mass is 187 g/mol. The average Bonchev–Trinajstić information content (AvgIpc) is 2.14. The van der Waals surface area contributed by atoms with E-state index in [2.05, 4.69) is 40.8 Å². The van der Waals surface area contributed by atoms with Crippen molar-refractivity contribution in [3.05, 3.63) is 22.4 Å². The molecule has 0 amide bonds. The Hall–Kier alpha value is -0.240. The third kappa shape index (κ3) is 1.58. The van der Waals surface area contributed by atoms with E-state index in [0.29, 0.717) is 5.92 Å². The van der Waals surface area contributed by atoms with Gasteiger partial charge in [-0.25, -0.2) is 0 Å². The number of hydrogen-bond donors (Lipinski definition) is 1. The van der Waals surface area contributed by atoms with Crippen molar-refractivity contribution in [3.63, 3.8) is 0 Å². The molecule has 1 aromatic heterocycles. The molecule has 0 spiro atoms. The third-order valence-corrected chi connectivity index (χ3v) is 1.75. The Morgan fingerprint density at radius 1 is 1.56 bits per heavy atom. The maximum Gasteiger partial charge on any atom is 0.0352 e. The zero-order chi connectivity index (χ0) is 6.85. The summed E-state index contributed by atoms with van der Waals surface area (Å²) in [5.74, 6) is 0.594. The minimum atomic E-state index is 0.594. The lowest BCUT2D eigenvalue weighted by Crippen LogP contribution is -1.83. The van der Waals surface area contributed by atoms with Crippen LogP contribution < -0.4 is 0 Å². The number of H-pyrrole nitrogens is 1. The van der Waals surface area contributed by atoms with Crippen molar-refractivity contribution in [2.24, 2.45) is 0 Å². The molecule has 0 aliphatic carbocycles. The van der Waals surface area contributed by atoms with Gasteiger partial charge in [0.05, 0.1) is 0 Å². The largest absolute Gasteiger partial charge is 0.364 e. The van der Waals surface area contributed by atoms with E-state index in [1.54, 1.807) is 0 Å². The van der Waals surface area contributed by atoms with Gasteiger partial charge in [0, 0.05) is 16.4 Å². The number of aromatic amines is 1. The van der Waals surface area contributed by atoms with Gasteiger partial charge in [-0.1, -0.05) is 13.8 Å². The lowest BCUT2D eigenvalue weighted by Gasteiger charge is -1.97. The molecule has 0 radical (unpaired) electrons. The second-order valence-corrected chi connectivity index (χ2v) is 3.34. The lowest BCUT2D eigenvalue weighted by atomic mass is 10.1. The number of halogens is 1. The summed E-state index contributed by atoms with van der Waals surface area (Å²) in [5, 5.41) is 0. The molecule has 50 valence electrons. The van der Waals surface area contributed by atoms with Crippen LogP contribution in [0.25, 0.3) is 0 Å².